The number of hydrogen-bond acceptors (Lipinski definition) is 0. The number of hydrogen-bond donors (Lipinski definition) is 0. The Hall–Kier alpha value is 0. The Labute approximate surface area is 95.5 Å². The molecule has 94 valence electrons. The quantitative estimate of drug-likeness (QED) is 0.422. The Morgan fingerprint density at radius 3 is 0.571 bits per heavy atom. The monoisotopic (exact) mass is 206 g/mol. The Morgan fingerprint density at radius 1 is 0.571 bits per heavy atom. The molecule has 0 fully saturated rings. The molecule has 14 heavy (non-hydrogen) atoms. The molecule has 0 aliphatic heterocycles. The largest absolute Gasteiger partial charge is 0.0683 e. The summed E-state index contributed by atoms with van der Waals surface area (Å²) in [5.74, 6) is 0.833. The van der Waals surface area contributed by atoms with Crippen LogP contribution in [0.3, 0.4) is 0 Å². The molecular formula is C14H38. The highest BCUT2D eigenvalue weighted by atomic mass is 13.7. The normalized spacial score (nSPS) is 6.00. The summed E-state index contributed by atoms with van der Waals surface area (Å²) in [4.78, 5) is 0. The lowest BCUT2D eigenvalue weighted by Crippen LogP contribution is -1.66. The fourth-order valence-electron chi connectivity index (χ4n) is 0. The van der Waals surface area contributed by atoms with Gasteiger partial charge in [-0.3, -0.25) is 0 Å². The van der Waals surface area contributed by atoms with E-state index < -0.39 is 0 Å². The van der Waals surface area contributed by atoms with Crippen LogP contribution in [-0.2, 0) is 0 Å². The summed E-state index contributed by atoms with van der Waals surface area (Å²) in [7, 11) is 0. The maximum Gasteiger partial charge on any atom is -0.0500 e. The minimum absolute atomic E-state index is 0.833. The zero-order valence-corrected chi connectivity index (χ0v) is 13.0. The summed E-state index contributed by atoms with van der Waals surface area (Å²) in [6, 6.07) is 0. The summed E-state index contributed by atoms with van der Waals surface area (Å²) >= 11 is 0. The summed E-state index contributed by atoms with van der Waals surface area (Å²) in [5, 5.41) is 0. The molecule has 0 saturated carbocycles. The van der Waals surface area contributed by atoms with Gasteiger partial charge in [-0.1, -0.05) is 89.0 Å². The van der Waals surface area contributed by atoms with Gasteiger partial charge in [0.05, 0.1) is 0 Å². The minimum atomic E-state index is 0.833. The molecule has 0 radical (unpaired) electrons. The molecule has 0 unspecified atom stereocenters. The molecule has 0 nitrogen and oxygen atoms in total. The summed E-state index contributed by atoms with van der Waals surface area (Å²) in [5.41, 5.74) is 0. The van der Waals surface area contributed by atoms with Gasteiger partial charge >= 0.3 is 0 Å². The summed E-state index contributed by atoms with van der Waals surface area (Å²) in [6.07, 6.45) is 2.50. The van der Waals surface area contributed by atoms with Gasteiger partial charge in [0.25, 0.3) is 0 Å². The first-order chi connectivity index (χ1) is 6.56. The van der Waals surface area contributed by atoms with Crippen LogP contribution in [0.5, 0.6) is 0 Å². The van der Waals surface area contributed by atoms with E-state index in [9.17, 15) is 0 Å². The van der Waals surface area contributed by atoms with Crippen LogP contribution in [0, 0.1) is 5.92 Å². The highest BCUT2D eigenvalue weighted by molar-refractivity contribution is 4.20. The fraction of sp³-hybridized carbons (Fsp3) is 1.00. The van der Waals surface area contributed by atoms with Gasteiger partial charge in [-0.2, -0.15) is 0 Å². The Kier molecular flexibility index (Phi) is 156. The maximum absolute atomic E-state index is 2.17. The lowest BCUT2D eigenvalue weighted by Gasteiger charge is -1.79. The molecule has 0 spiro atoms. The zero-order valence-electron chi connectivity index (χ0n) is 13.0. The molecular weight excluding hydrogens is 168 g/mol. The third-order valence-electron chi connectivity index (χ3n) is 0. The third kappa shape index (κ3) is 0. The van der Waals surface area contributed by atoms with Crippen molar-refractivity contribution in [3.63, 3.8) is 0 Å². The molecule has 0 amide bonds. The van der Waals surface area contributed by atoms with Crippen LogP contribution in [0.1, 0.15) is 89.0 Å². The van der Waals surface area contributed by atoms with Gasteiger partial charge in [0.15, 0.2) is 0 Å². The predicted molar refractivity (Wildman–Crippen MR) is 75.1 cm³/mol. The molecule has 0 aromatic heterocycles. The van der Waals surface area contributed by atoms with Gasteiger partial charge in [0.2, 0.25) is 0 Å². The van der Waals surface area contributed by atoms with E-state index in [2.05, 4.69) is 48.5 Å². The van der Waals surface area contributed by atoms with E-state index in [1.54, 1.807) is 0 Å². The minimum Gasteiger partial charge on any atom is -0.0683 e. The van der Waals surface area contributed by atoms with Crippen LogP contribution in [0.2, 0.25) is 0 Å². The Morgan fingerprint density at radius 2 is 0.571 bits per heavy atom. The van der Waals surface area contributed by atoms with Gasteiger partial charge in [-0.15, -0.1) is 0 Å². The third-order valence-corrected chi connectivity index (χ3v) is 0. The molecule has 0 heteroatoms. The molecule has 0 aromatic rings. The Bertz CT molecular complexity index is 16.5. The molecule has 0 aliphatic carbocycles. The van der Waals surface area contributed by atoms with Crippen molar-refractivity contribution in [3.05, 3.63) is 0 Å². The molecule has 0 saturated heterocycles. The van der Waals surface area contributed by atoms with E-state index in [0.29, 0.717) is 0 Å². The van der Waals surface area contributed by atoms with E-state index in [1.165, 1.54) is 12.8 Å². The average Bonchev–Trinajstić information content (AvgIpc) is 2.12. The van der Waals surface area contributed by atoms with E-state index in [-0.39, 0.29) is 0 Å². The van der Waals surface area contributed by atoms with Crippen molar-refractivity contribution in [2.24, 2.45) is 5.92 Å². The van der Waals surface area contributed by atoms with Gasteiger partial charge < -0.3 is 0 Å². The van der Waals surface area contributed by atoms with Gasteiger partial charge in [0, 0.05) is 0 Å². The van der Waals surface area contributed by atoms with Crippen LogP contribution in [-0.4, -0.2) is 0 Å². The lowest BCUT2D eigenvalue weighted by atomic mass is 10.3. The Balaban J connectivity index is -0.0000000249. The zero-order chi connectivity index (χ0) is 13.0. The molecule has 0 heterocycles. The molecule has 0 N–H and O–H groups in total. The molecule has 0 aromatic carbocycles. The van der Waals surface area contributed by atoms with E-state index in [0.717, 1.165) is 5.92 Å². The van der Waals surface area contributed by atoms with Crippen LogP contribution in [0.25, 0.3) is 0 Å². The lowest BCUT2D eigenvalue weighted by molar-refractivity contribution is 0.737. The summed E-state index contributed by atoms with van der Waals surface area (Å²) < 4.78 is 0. The topological polar surface area (TPSA) is 0 Å². The fourth-order valence-corrected chi connectivity index (χ4v) is 0. The second-order valence-electron chi connectivity index (χ2n) is 3.15. The van der Waals surface area contributed by atoms with Crippen molar-refractivity contribution < 1.29 is 0 Å². The highest BCUT2D eigenvalue weighted by Crippen LogP contribution is 1.81. The summed E-state index contributed by atoms with van der Waals surface area (Å²) in [6.45, 7) is 23.0. The second kappa shape index (κ2) is 74.9. The predicted octanol–water partition coefficient (Wildman–Crippen LogP) is 6.55. The van der Waals surface area contributed by atoms with Crippen molar-refractivity contribution in [1.29, 1.82) is 0 Å². The van der Waals surface area contributed by atoms with E-state index in [4.69, 9.17) is 0 Å². The van der Waals surface area contributed by atoms with Gasteiger partial charge in [0.1, 0.15) is 0 Å². The van der Waals surface area contributed by atoms with Crippen molar-refractivity contribution >= 4 is 0 Å². The average molecular weight is 206 g/mol. The van der Waals surface area contributed by atoms with Crippen LogP contribution in [0.15, 0.2) is 0 Å². The first-order valence-corrected chi connectivity index (χ1v) is 6.56. The van der Waals surface area contributed by atoms with Crippen LogP contribution >= 0.6 is 0 Å². The van der Waals surface area contributed by atoms with Crippen LogP contribution < -0.4 is 0 Å². The van der Waals surface area contributed by atoms with E-state index >= 15 is 0 Å². The van der Waals surface area contributed by atoms with Crippen molar-refractivity contribution in [3.8, 4) is 0 Å². The number of rotatable bonds is 0. The maximum atomic E-state index is 2.17. The first-order valence-electron chi connectivity index (χ1n) is 6.56. The standard InChI is InChI=1S/C4H10.2C3H8.2C2H6/c1-4(2)3;2*1-3-2;2*1-2/h4H,1-3H3;2*3H2,1-2H3;2*1-2H3. The van der Waals surface area contributed by atoms with Crippen LogP contribution in [0.4, 0.5) is 0 Å². The molecule has 0 rings (SSSR count). The van der Waals surface area contributed by atoms with Crippen molar-refractivity contribution in [2.75, 3.05) is 0 Å². The SMILES string of the molecule is CC.CC.CC(C)C.CCC.CCC. The highest BCUT2D eigenvalue weighted by Gasteiger charge is 1.68. The van der Waals surface area contributed by atoms with Crippen molar-refractivity contribution in [1.82, 2.24) is 0 Å². The van der Waals surface area contributed by atoms with E-state index in [1.807, 2.05) is 27.7 Å². The molecule has 0 atom stereocenters. The molecule has 0 aliphatic rings. The first kappa shape index (κ1) is 29.2. The second-order valence-corrected chi connectivity index (χ2v) is 3.15. The smallest absolute Gasteiger partial charge is 0.0500 e. The van der Waals surface area contributed by atoms with Gasteiger partial charge in [-0.05, 0) is 5.92 Å². The van der Waals surface area contributed by atoms with Gasteiger partial charge in [-0.25, -0.2) is 0 Å². The molecule has 0 bridgehead atoms. The van der Waals surface area contributed by atoms with Crippen molar-refractivity contribution in [2.45, 2.75) is 89.0 Å².